The molecule has 16 heavy (non-hydrogen) atoms. The predicted octanol–water partition coefficient (Wildman–Crippen LogP) is 1.09. The fourth-order valence-corrected chi connectivity index (χ4v) is 1.12. The second kappa shape index (κ2) is 5.11. The molecule has 3 N–H and O–H groups in total. The summed E-state index contributed by atoms with van der Waals surface area (Å²) in [5.41, 5.74) is 6.84. The lowest BCUT2D eigenvalue weighted by atomic mass is 10.1. The lowest BCUT2D eigenvalue weighted by molar-refractivity contribution is 0.0954. The zero-order chi connectivity index (χ0) is 12.1. The van der Waals surface area contributed by atoms with E-state index >= 15 is 0 Å². The van der Waals surface area contributed by atoms with Gasteiger partial charge in [0.25, 0.3) is 5.91 Å². The van der Waals surface area contributed by atoms with Crippen molar-refractivity contribution in [1.29, 1.82) is 0 Å². The van der Waals surface area contributed by atoms with Crippen molar-refractivity contribution in [2.45, 2.75) is 6.92 Å². The van der Waals surface area contributed by atoms with Gasteiger partial charge in [0, 0.05) is 17.7 Å². The predicted molar refractivity (Wildman–Crippen MR) is 62.1 cm³/mol. The van der Waals surface area contributed by atoms with Gasteiger partial charge in [-0.1, -0.05) is 12.2 Å². The van der Waals surface area contributed by atoms with Crippen LogP contribution in [-0.4, -0.2) is 18.4 Å². The Bertz CT molecular complexity index is 421. The largest absolute Gasteiger partial charge is 0.366 e. The third-order valence-electron chi connectivity index (χ3n) is 1.98. The van der Waals surface area contributed by atoms with Crippen LogP contribution in [0.1, 0.15) is 27.6 Å². The molecule has 1 aromatic rings. The molecule has 0 bridgehead atoms. The SMILES string of the molecule is C=C(C)CNC(=O)c1ccc(C(N)=O)cc1. The lowest BCUT2D eigenvalue weighted by Crippen LogP contribution is -2.24. The second-order valence-corrected chi connectivity index (χ2v) is 3.58. The number of nitrogens with one attached hydrogen (secondary N) is 1. The summed E-state index contributed by atoms with van der Waals surface area (Å²) in [4.78, 5) is 22.4. The van der Waals surface area contributed by atoms with Crippen LogP contribution in [-0.2, 0) is 0 Å². The summed E-state index contributed by atoms with van der Waals surface area (Å²) in [6.45, 7) is 5.95. The molecular weight excluding hydrogens is 204 g/mol. The van der Waals surface area contributed by atoms with Crippen molar-refractivity contribution in [2.75, 3.05) is 6.54 Å². The topological polar surface area (TPSA) is 72.2 Å². The van der Waals surface area contributed by atoms with Crippen molar-refractivity contribution in [3.8, 4) is 0 Å². The van der Waals surface area contributed by atoms with Gasteiger partial charge >= 0.3 is 0 Å². The van der Waals surface area contributed by atoms with Crippen molar-refractivity contribution in [3.05, 3.63) is 47.5 Å². The summed E-state index contributed by atoms with van der Waals surface area (Å²) in [6.07, 6.45) is 0. The van der Waals surface area contributed by atoms with E-state index in [-0.39, 0.29) is 5.91 Å². The lowest BCUT2D eigenvalue weighted by Gasteiger charge is -2.04. The molecular formula is C12H14N2O2. The molecule has 84 valence electrons. The van der Waals surface area contributed by atoms with E-state index in [1.165, 1.54) is 12.1 Å². The summed E-state index contributed by atoms with van der Waals surface area (Å²) >= 11 is 0. The highest BCUT2D eigenvalue weighted by atomic mass is 16.2. The van der Waals surface area contributed by atoms with Crippen molar-refractivity contribution >= 4 is 11.8 Å². The smallest absolute Gasteiger partial charge is 0.251 e. The highest BCUT2D eigenvalue weighted by Crippen LogP contribution is 2.03. The molecule has 0 aliphatic heterocycles. The minimum absolute atomic E-state index is 0.195. The number of hydrogen-bond donors (Lipinski definition) is 2. The van der Waals surface area contributed by atoms with Crippen molar-refractivity contribution in [3.63, 3.8) is 0 Å². The number of carbonyl (C=O) groups excluding carboxylic acids is 2. The molecule has 4 nitrogen and oxygen atoms in total. The van der Waals surface area contributed by atoms with Gasteiger partial charge in [0.2, 0.25) is 5.91 Å². The van der Waals surface area contributed by atoms with E-state index in [0.717, 1.165) is 5.57 Å². The molecule has 0 aliphatic carbocycles. The summed E-state index contributed by atoms with van der Waals surface area (Å²) in [7, 11) is 0. The molecule has 0 saturated heterocycles. The van der Waals surface area contributed by atoms with Crippen LogP contribution in [0.5, 0.6) is 0 Å². The molecule has 0 aromatic heterocycles. The molecule has 0 unspecified atom stereocenters. The first-order chi connectivity index (χ1) is 7.50. The maximum Gasteiger partial charge on any atom is 0.251 e. The minimum Gasteiger partial charge on any atom is -0.366 e. The molecule has 4 heteroatoms. The summed E-state index contributed by atoms with van der Waals surface area (Å²) in [5, 5.41) is 2.69. The Morgan fingerprint density at radius 2 is 1.75 bits per heavy atom. The molecule has 0 spiro atoms. The summed E-state index contributed by atoms with van der Waals surface area (Å²) in [5.74, 6) is -0.701. The molecule has 1 rings (SSSR count). The number of primary amides is 1. The normalized spacial score (nSPS) is 9.56. The zero-order valence-corrected chi connectivity index (χ0v) is 9.12. The van der Waals surface area contributed by atoms with E-state index in [2.05, 4.69) is 11.9 Å². The number of nitrogens with two attached hydrogens (primary N) is 1. The molecule has 0 radical (unpaired) electrons. The first-order valence-corrected chi connectivity index (χ1v) is 4.83. The Labute approximate surface area is 94.1 Å². The second-order valence-electron chi connectivity index (χ2n) is 3.58. The van der Waals surface area contributed by atoms with Gasteiger partial charge in [-0.05, 0) is 31.2 Å². The Morgan fingerprint density at radius 3 is 2.19 bits per heavy atom. The van der Waals surface area contributed by atoms with Crippen LogP contribution in [0.2, 0.25) is 0 Å². The van der Waals surface area contributed by atoms with Gasteiger partial charge in [0.1, 0.15) is 0 Å². The highest BCUT2D eigenvalue weighted by Gasteiger charge is 2.06. The number of amides is 2. The van der Waals surface area contributed by atoms with Crippen LogP contribution in [0.25, 0.3) is 0 Å². The van der Waals surface area contributed by atoms with Crippen molar-refractivity contribution in [1.82, 2.24) is 5.32 Å². The molecule has 1 aromatic carbocycles. The third-order valence-corrected chi connectivity index (χ3v) is 1.98. The fraction of sp³-hybridized carbons (Fsp3) is 0.167. The van der Waals surface area contributed by atoms with Gasteiger partial charge in [0.15, 0.2) is 0 Å². The maximum atomic E-state index is 11.6. The van der Waals surface area contributed by atoms with E-state index in [9.17, 15) is 9.59 Å². The summed E-state index contributed by atoms with van der Waals surface area (Å²) < 4.78 is 0. The van der Waals surface area contributed by atoms with E-state index in [0.29, 0.717) is 17.7 Å². The third kappa shape index (κ3) is 3.24. The van der Waals surface area contributed by atoms with Crippen LogP contribution >= 0.6 is 0 Å². The first kappa shape index (κ1) is 12.0. The molecule has 0 fully saturated rings. The Balaban J connectivity index is 2.70. The Morgan fingerprint density at radius 1 is 1.25 bits per heavy atom. The quantitative estimate of drug-likeness (QED) is 0.742. The molecule has 0 heterocycles. The number of benzene rings is 1. The van der Waals surface area contributed by atoms with Crippen LogP contribution in [0.3, 0.4) is 0 Å². The van der Waals surface area contributed by atoms with Crippen LogP contribution in [0.15, 0.2) is 36.4 Å². The van der Waals surface area contributed by atoms with Gasteiger partial charge in [-0.15, -0.1) is 0 Å². The molecule has 0 atom stereocenters. The Hall–Kier alpha value is -2.10. The van der Waals surface area contributed by atoms with Gasteiger partial charge in [0.05, 0.1) is 0 Å². The Kier molecular flexibility index (Phi) is 3.83. The number of rotatable bonds is 4. The first-order valence-electron chi connectivity index (χ1n) is 4.83. The molecule has 0 aliphatic rings. The van der Waals surface area contributed by atoms with Crippen molar-refractivity contribution < 1.29 is 9.59 Å². The molecule has 2 amide bonds. The van der Waals surface area contributed by atoms with Gasteiger partial charge in [-0.25, -0.2) is 0 Å². The fourth-order valence-electron chi connectivity index (χ4n) is 1.12. The highest BCUT2D eigenvalue weighted by molar-refractivity contribution is 5.97. The average Bonchev–Trinajstić information content (AvgIpc) is 2.26. The standard InChI is InChI=1S/C12H14N2O2/c1-8(2)7-14-12(16)10-5-3-9(4-6-10)11(13)15/h3-6H,1,7H2,2H3,(H2,13,15)(H,14,16). The van der Waals surface area contributed by atoms with Gasteiger partial charge in [-0.2, -0.15) is 0 Å². The minimum atomic E-state index is -0.506. The van der Waals surface area contributed by atoms with E-state index in [4.69, 9.17) is 5.73 Å². The maximum absolute atomic E-state index is 11.6. The van der Waals surface area contributed by atoms with E-state index < -0.39 is 5.91 Å². The average molecular weight is 218 g/mol. The van der Waals surface area contributed by atoms with Gasteiger partial charge in [-0.3, -0.25) is 9.59 Å². The van der Waals surface area contributed by atoms with E-state index in [1.807, 2.05) is 6.92 Å². The monoisotopic (exact) mass is 218 g/mol. The number of hydrogen-bond acceptors (Lipinski definition) is 2. The zero-order valence-electron chi connectivity index (χ0n) is 9.12. The van der Waals surface area contributed by atoms with Crippen LogP contribution in [0, 0.1) is 0 Å². The van der Waals surface area contributed by atoms with Crippen LogP contribution < -0.4 is 11.1 Å². The van der Waals surface area contributed by atoms with Crippen LogP contribution in [0.4, 0.5) is 0 Å². The number of carbonyl (C=O) groups is 2. The van der Waals surface area contributed by atoms with E-state index in [1.54, 1.807) is 12.1 Å². The summed E-state index contributed by atoms with van der Waals surface area (Å²) in [6, 6.07) is 6.18. The van der Waals surface area contributed by atoms with Gasteiger partial charge < -0.3 is 11.1 Å². The van der Waals surface area contributed by atoms with Crippen molar-refractivity contribution in [2.24, 2.45) is 5.73 Å². The molecule has 0 saturated carbocycles.